The van der Waals surface area contributed by atoms with Gasteiger partial charge in [0.1, 0.15) is 5.75 Å². The minimum atomic E-state index is 0.399. The lowest BCUT2D eigenvalue weighted by molar-refractivity contribution is 0.0780. The number of hydrogen-bond donors (Lipinski definition) is 0. The molecule has 1 aromatic rings. The summed E-state index contributed by atoms with van der Waals surface area (Å²) in [6.45, 7) is 8.55. The molecule has 4 heteroatoms. The number of rotatable bonds is 6. The van der Waals surface area contributed by atoms with Gasteiger partial charge >= 0.3 is 0 Å². The molecule has 0 N–H and O–H groups in total. The number of para-hydroxylation sites is 1. The van der Waals surface area contributed by atoms with Gasteiger partial charge in [0, 0.05) is 51.4 Å². The summed E-state index contributed by atoms with van der Waals surface area (Å²) < 4.78 is 10.6. The van der Waals surface area contributed by atoms with Gasteiger partial charge in [-0.15, -0.1) is 0 Å². The van der Waals surface area contributed by atoms with Gasteiger partial charge in [-0.2, -0.15) is 0 Å². The molecule has 2 rings (SSSR count). The van der Waals surface area contributed by atoms with Crippen LogP contribution < -0.4 is 4.74 Å². The topological polar surface area (TPSA) is 24.9 Å². The zero-order valence-electron chi connectivity index (χ0n) is 12.8. The van der Waals surface area contributed by atoms with Gasteiger partial charge in [0.25, 0.3) is 0 Å². The quantitative estimate of drug-likeness (QED) is 0.795. The summed E-state index contributed by atoms with van der Waals surface area (Å²) in [7, 11) is 3.51. The number of benzene rings is 1. The lowest BCUT2D eigenvalue weighted by Gasteiger charge is -2.38. The Morgan fingerprint density at radius 1 is 1.10 bits per heavy atom. The first kappa shape index (κ1) is 15.3. The summed E-state index contributed by atoms with van der Waals surface area (Å²) >= 11 is 0. The molecule has 1 atom stereocenters. The molecule has 0 spiro atoms. The molecule has 1 aliphatic heterocycles. The van der Waals surface area contributed by atoms with Crippen molar-refractivity contribution in [1.29, 1.82) is 0 Å². The fourth-order valence-corrected chi connectivity index (χ4v) is 2.80. The average Bonchev–Trinajstić information content (AvgIpc) is 2.52. The zero-order chi connectivity index (χ0) is 14.4. The molecular formula is C16H26N2O2. The molecule has 0 saturated carbocycles. The lowest BCUT2D eigenvalue weighted by Crippen LogP contribution is -2.47. The summed E-state index contributed by atoms with van der Waals surface area (Å²) in [5.74, 6) is 0.988. The molecular weight excluding hydrogens is 252 g/mol. The second kappa shape index (κ2) is 7.62. The van der Waals surface area contributed by atoms with Crippen LogP contribution in [0, 0.1) is 0 Å². The Hall–Kier alpha value is -1.10. The second-order valence-corrected chi connectivity index (χ2v) is 5.29. The van der Waals surface area contributed by atoms with Crippen molar-refractivity contribution >= 4 is 0 Å². The molecule has 1 saturated heterocycles. The van der Waals surface area contributed by atoms with E-state index >= 15 is 0 Å². The van der Waals surface area contributed by atoms with E-state index in [4.69, 9.17) is 9.47 Å². The van der Waals surface area contributed by atoms with Gasteiger partial charge in [0.15, 0.2) is 0 Å². The Kier molecular flexibility index (Phi) is 5.83. The van der Waals surface area contributed by atoms with Crippen molar-refractivity contribution in [2.75, 3.05) is 53.6 Å². The monoisotopic (exact) mass is 278 g/mol. The maximum atomic E-state index is 5.48. The molecule has 0 aliphatic carbocycles. The van der Waals surface area contributed by atoms with Crippen molar-refractivity contribution in [2.45, 2.75) is 13.0 Å². The molecule has 20 heavy (non-hydrogen) atoms. The van der Waals surface area contributed by atoms with Gasteiger partial charge in [-0.05, 0) is 13.0 Å². The summed E-state index contributed by atoms with van der Waals surface area (Å²) in [4.78, 5) is 5.00. The average molecular weight is 278 g/mol. The molecule has 0 unspecified atom stereocenters. The number of hydrogen-bond acceptors (Lipinski definition) is 4. The van der Waals surface area contributed by atoms with Gasteiger partial charge in [-0.1, -0.05) is 18.2 Å². The van der Waals surface area contributed by atoms with Gasteiger partial charge < -0.3 is 9.47 Å². The van der Waals surface area contributed by atoms with Gasteiger partial charge in [0.2, 0.25) is 0 Å². The number of piperazine rings is 1. The van der Waals surface area contributed by atoms with E-state index in [1.807, 2.05) is 12.1 Å². The first-order chi connectivity index (χ1) is 9.76. The van der Waals surface area contributed by atoms with Crippen molar-refractivity contribution in [3.8, 4) is 5.75 Å². The second-order valence-electron chi connectivity index (χ2n) is 5.29. The Labute approximate surface area is 122 Å². The molecule has 4 nitrogen and oxygen atoms in total. The largest absolute Gasteiger partial charge is 0.496 e. The van der Waals surface area contributed by atoms with Crippen molar-refractivity contribution in [3.05, 3.63) is 29.8 Å². The van der Waals surface area contributed by atoms with E-state index in [9.17, 15) is 0 Å². The normalized spacial score (nSPS) is 18.9. The highest BCUT2D eigenvalue weighted by Crippen LogP contribution is 2.29. The molecule has 1 aromatic carbocycles. The third kappa shape index (κ3) is 3.72. The summed E-state index contributed by atoms with van der Waals surface area (Å²) in [6, 6.07) is 8.72. The molecule has 1 heterocycles. The zero-order valence-corrected chi connectivity index (χ0v) is 12.8. The highest BCUT2D eigenvalue weighted by Gasteiger charge is 2.23. The maximum Gasteiger partial charge on any atom is 0.123 e. The van der Waals surface area contributed by atoms with Crippen LogP contribution in [0.4, 0.5) is 0 Å². The number of ether oxygens (including phenoxy) is 2. The highest BCUT2D eigenvalue weighted by molar-refractivity contribution is 5.35. The number of methoxy groups -OCH3 is 2. The predicted octanol–water partition coefficient (Wildman–Crippen LogP) is 2.02. The molecule has 112 valence electrons. The van der Waals surface area contributed by atoms with E-state index in [-0.39, 0.29) is 0 Å². The minimum Gasteiger partial charge on any atom is -0.496 e. The Morgan fingerprint density at radius 2 is 1.80 bits per heavy atom. The predicted molar refractivity (Wildman–Crippen MR) is 81.3 cm³/mol. The fraction of sp³-hybridized carbons (Fsp3) is 0.625. The van der Waals surface area contributed by atoms with E-state index in [0.717, 1.165) is 45.1 Å². The standard InChI is InChI=1S/C16H26N2O2/c1-14(15-6-4-5-7-16(15)20-3)18-10-8-17(9-11-18)12-13-19-2/h4-7,14H,8-13H2,1-3H3/t14-/m0/s1. The molecule has 1 fully saturated rings. The van der Waals surface area contributed by atoms with Crippen LogP contribution >= 0.6 is 0 Å². The third-order valence-corrected chi connectivity index (χ3v) is 4.16. The highest BCUT2D eigenvalue weighted by atomic mass is 16.5. The lowest BCUT2D eigenvalue weighted by atomic mass is 10.0. The maximum absolute atomic E-state index is 5.48. The van der Waals surface area contributed by atoms with Crippen molar-refractivity contribution < 1.29 is 9.47 Å². The van der Waals surface area contributed by atoms with Crippen LogP contribution in [-0.2, 0) is 4.74 Å². The Balaban J connectivity index is 1.93. The summed E-state index contributed by atoms with van der Waals surface area (Å²) in [6.07, 6.45) is 0. The van der Waals surface area contributed by atoms with Crippen LogP contribution in [0.3, 0.4) is 0 Å². The Bertz CT molecular complexity index is 403. The van der Waals surface area contributed by atoms with Crippen molar-refractivity contribution in [3.63, 3.8) is 0 Å². The first-order valence-corrected chi connectivity index (χ1v) is 7.34. The molecule has 0 amide bonds. The fourth-order valence-electron chi connectivity index (χ4n) is 2.80. The first-order valence-electron chi connectivity index (χ1n) is 7.34. The van der Waals surface area contributed by atoms with Crippen LogP contribution in [0.25, 0.3) is 0 Å². The van der Waals surface area contributed by atoms with Crippen LogP contribution in [0.1, 0.15) is 18.5 Å². The molecule has 0 radical (unpaired) electrons. The molecule has 0 aromatic heterocycles. The van der Waals surface area contributed by atoms with Crippen LogP contribution in [0.15, 0.2) is 24.3 Å². The van der Waals surface area contributed by atoms with Gasteiger partial charge in [0.05, 0.1) is 13.7 Å². The van der Waals surface area contributed by atoms with Crippen LogP contribution in [0.2, 0.25) is 0 Å². The smallest absolute Gasteiger partial charge is 0.123 e. The molecule has 1 aliphatic rings. The van der Waals surface area contributed by atoms with E-state index in [1.54, 1.807) is 14.2 Å². The summed E-state index contributed by atoms with van der Waals surface area (Å²) in [5, 5.41) is 0. The van der Waals surface area contributed by atoms with E-state index in [2.05, 4.69) is 28.9 Å². The molecule has 0 bridgehead atoms. The van der Waals surface area contributed by atoms with E-state index in [1.165, 1.54) is 5.56 Å². The number of nitrogens with zero attached hydrogens (tertiary/aromatic N) is 2. The van der Waals surface area contributed by atoms with Crippen LogP contribution in [-0.4, -0.2) is 63.4 Å². The van der Waals surface area contributed by atoms with Crippen molar-refractivity contribution in [2.24, 2.45) is 0 Å². The van der Waals surface area contributed by atoms with Gasteiger partial charge in [-0.3, -0.25) is 9.80 Å². The van der Waals surface area contributed by atoms with Gasteiger partial charge in [-0.25, -0.2) is 0 Å². The van der Waals surface area contributed by atoms with Crippen molar-refractivity contribution in [1.82, 2.24) is 9.80 Å². The summed E-state index contributed by atoms with van der Waals surface area (Å²) in [5.41, 5.74) is 1.28. The third-order valence-electron chi connectivity index (χ3n) is 4.16. The van der Waals surface area contributed by atoms with E-state index in [0.29, 0.717) is 6.04 Å². The van der Waals surface area contributed by atoms with E-state index < -0.39 is 0 Å². The Morgan fingerprint density at radius 3 is 2.45 bits per heavy atom. The van der Waals surface area contributed by atoms with Crippen LogP contribution in [0.5, 0.6) is 5.75 Å². The SMILES string of the molecule is COCCN1CCN([C@@H](C)c2ccccc2OC)CC1. The minimum absolute atomic E-state index is 0.399.